The minimum absolute atomic E-state index is 0.176. The molecule has 1 aliphatic heterocycles. The number of amidine groups is 1. The van der Waals surface area contributed by atoms with E-state index < -0.39 is 0 Å². The summed E-state index contributed by atoms with van der Waals surface area (Å²) in [6, 6.07) is 6.54. The van der Waals surface area contributed by atoms with Crippen molar-refractivity contribution in [3.63, 3.8) is 0 Å². The molecule has 1 aliphatic rings. The molecule has 1 atom stereocenters. The predicted molar refractivity (Wildman–Crippen MR) is 82.6 cm³/mol. The van der Waals surface area contributed by atoms with Crippen LogP contribution in [0.5, 0.6) is 0 Å². The summed E-state index contributed by atoms with van der Waals surface area (Å²) < 4.78 is 0. The molecule has 1 aromatic rings. The van der Waals surface area contributed by atoms with Gasteiger partial charge in [-0.1, -0.05) is 11.2 Å². The van der Waals surface area contributed by atoms with Gasteiger partial charge in [-0.3, -0.25) is 0 Å². The average Bonchev–Trinajstić information content (AvgIpc) is 2.85. The molecule has 1 aromatic carbocycles. The Morgan fingerprint density at radius 3 is 2.90 bits per heavy atom. The lowest BCUT2D eigenvalue weighted by atomic mass is 10.1. The molecule has 5 heteroatoms. The Hall–Kier alpha value is -1.75. The number of benzene rings is 1. The highest BCUT2D eigenvalue weighted by atomic mass is 16.4. The SMILES string of the molecule is Cc1ccc(C(N)=NO)c(N2CCCC2CN(C)C)c1. The second kappa shape index (κ2) is 6.13. The Morgan fingerprint density at radius 2 is 2.25 bits per heavy atom. The lowest BCUT2D eigenvalue weighted by molar-refractivity contribution is 0.318. The van der Waals surface area contributed by atoms with E-state index in [2.05, 4.69) is 42.0 Å². The lowest BCUT2D eigenvalue weighted by Gasteiger charge is -2.30. The summed E-state index contributed by atoms with van der Waals surface area (Å²) in [7, 11) is 4.19. The van der Waals surface area contributed by atoms with E-state index in [9.17, 15) is 0 Å². The Bertz CT molecular complexity index is 499. The smallest absolute Gasteiger partial charge is 0.172 e. The summed E-state index contributed by atoms with van der Waals surface area (Å²) in [6.07, 6.45) is 2.36. The minimum Gasteiger partial charge on any atom is -0.409 e. The number of hydrogen-bond donors (Lipinski definition) is 2. The standard InChI is InChI=1S/C15H24N4O/c1-11-6-7-13(15(16)17-20)14(9-11)19-8-4-5-12(19)10-18(2)3/h6-7,9,12,20H,4-5,8,10H2,1-3H3,(H2,16,17). The number of nitrogens with zero attached hydrogens (tertiary/aromatic N) is 3. The molecule has 20 heavy (non-hydrogen) atoms. The van der Waals surface area contributed by atoms with Gasteiger partial charge in [0.05, 0.1) is 0 Å². The van der Waals surface area contributed by atoms with Gasteiger partial charge in [-0.25, -0.2) is 0 Å². The highest BCUT2D eigenvalue weighted by Crippen LogP contribution is 2.30. The topological polar surface area (TPSA) is 65.1 Å². The fourth-order valence-corrected chi connectivity index (χ4v) is 2.91. The summed E-state index contributed by atoms with van der Waals surface area (Å²) in [5, 5.41) is 12.1. The van der Waals surface area contributed by atoms with E-state index in [1.165, 1.54) is 18.4 Å². The van der Waals surface area contributed by atoms with Gasteiger partial charge in [-0.2, -0.15) is 0 Å². The molecule has 0 saturated carbocycles. The molecular formula is C15H24N4O. The molecule has 0 aromatic heterocycles. The van der Waals surface area contributed by atoms with E-state index in [4.69, 9.17) is 10.9 Å². The van der Waals surface area contributed by atoms with Crippen LogP contribution in [-0.4, -0.2) is 49.2 Å². The quantitative estimate of drug-likeness (QED) is 0.379. The first kappa shape index (κ1) is 14.7. The molecule has 1 fully saturated rings. The molecule has 1 unspecified atom stereocenters. The summed E-state index contributed by atoms with van der Waals surface area (Å²) in [5.41, 5.74) is 8.89. The van der Waals surface area contributed by atoms with Crippen molar-refractivity contribution in [2.24, 2.45) is 10.9 Å². The van der Waals surface area contributed by atoms with Crippen molar-refractivity contribution in [3.05, 3.63) is 29.3 Å². The van der Waals surface area contributed by atoms with Crippen LogP contribution in [0.4, 0.5) is 5.69 Å². The molecule has 1 heterocycles. The molecule has 0 bridgehead atoms. The van der Waals surface area contributed by atoms with Crippen LogP contribution in [-0.2, 0) is 0 Å². The van der Waals surface area contributed by atoms with Gasteiger partial charge in [0, 0.05) is 30.4 Å². The number of rotatable bonds is 4. The normalized spacial score (nSPS) is 19.9. The second-order valence-electron chi connectivity index (χ2n) is 5.76. The summed E-state index contributed by atoms with van der Waals surface area (Å²) >= 11 is 0. The zero-order valence-electron chi connectivity index (χ0n) is 12.5. The first-order valence-electron chi connectivity index (χ1n) is 7.03. The maximum atomic E-state index is 8.97. The van der Waals surface area contributed by atoms with Crippen molar-refractivity contribution in [3.8, 4) is 0 Å². The van der Waals surface area contributed by atoms with E-state index in [1.54, 1.807) is 0 Å². The molecule has 2 rings (SSSR count). The van der Waals surface area contributed by atoms with Crippen LogP contribution in [0.2, 0.25) is 0 Å². The van der Waals surface area contributed by atoms with E-state index in [0.717, 1.165) is 24.3 Å². The highest BCUT2D eigenvalue weighted by molar-refractivity contribution is 6.02. The van der Waals surface area contributed by atoms with Crippen LogP contribution in [0.25, 0.3) is 0 Å². The third-order valence-corrected chi connectivity index (χ3v) is 3.80. The Balaban J connectivity index is 2.37. The van der Waals surface area contributed by atoms with Gasteiger partial charge in [0.1, 0.15) is 0 Å². The van der Waals surface area contributed by atoms with Gasteiger partial charge in [-0.05, 0) is 51.6 Å². The molecule has 0 radical (unpaired) electrons. The summed E-state index contributed by atoms with van der Waals surface area (Å²) in [4.78, 5) is 4.60. The number of anilines is 1. The fraction of sp³-hybridized carbons (Fsp3) is 0.533. The monoisotopic (exact) mass is 276 g/mol. The van der Waals surface area contributed by atoms with E-state index in [0.29, 0.717) is 6.04 Å². The molecule has 0 aliphatic carbocycles. The molecule has 5 nitrogen and oxygen atoms in total. The van der Waals surface area contributed by atoms with Crippen LogP contribution in [0.15, 0.2) is 23.4 Å². The third kappa shape index (κ3) is 3.04. The van der Waals surface area contributed by atoms with Crippen molar-refractivity contribution in [1.29, 1.82) is 0 Å². The average molecular weight is 276 g/mol. The first-order valence-corrected chi connectivity index (χ1v) is 7.03. The predicted octanol–water partition coefficient (Wildman–Crippen LogP) is 1.62. The number of aryl methyl sites for hydroxylation is 1. The third-order valence-electron chi connectivity index (χ3n) is 3.80. The number of nitrogens with two attached hydrogens (primary N) is 1. The molecule has 0 amide bonds. The van der Waals surface area contributed by atoms with Gasteiger partial charge in [0.25, 0.3) is 0 Å². The van der Waals surface area contributed by atoms with Crippen molar-refractivity contribution in [1.82, 2.24) is 4.90 Å². The van der Waals surface area contributed by atoms with Gasteiger partial charge in [0.15, 0.2) is 5.84 Å². The van der Waals surface area contributed by atoms with Gasteiger partial charge in [0.2, 0.25) is 0 Å². The van der Waals surface area contributed by atoms with Gasteiger partial charge < -0.3 is 20.7 Å². The van der Waals surface area contributed by atoms with Crippen LogP contribution in [0.1, 0.15) is 24.0 Å². The van der Waals surface area contributed by atoms with Crippen molar-refractivity contribution >= 4 is 11.5 Å². The zero-order valence-corrected chi connectivity index (χ0v) is 12.5. The van der Waals surface area contributed by atoms with Crippen LogP contribution in [0.3, 0.4) is 0 Å². The Morgan fingerprint density at radius 1 is 1.50 bits per heavy atom. The first-order chi connectivity index (χ1) is 9.52. The lowest BCUT2D eigenvalue weighted by Crippen LogP contribution is -2.38. The maximum absolute atomic E-state index is 8.97. The Kier molecular flexibility index (Phi) is 4.49. The summed E-state index contributed by atoms with van der Waals surface area (Å²) in [6.45, 7) is 4.10. The van der Waals surface area contributed by atoms with Crippen LogP contribution < -0.4 is 10.6 Å². The molecule has 110 valence electrons. The van der Waals surface area contributed by atoms with Crippen molar-refractivity contribution in [2.45, 2.75) is 25.8 Å². The summed E-state index contributed by atoms with van der Waals surface area (Å²) in [5.74, 6) is 0.176. The second-order valence-corrected chi connectivity index (χ2v) is 5.76. The van der Waals surface area contributed by atoms with E-state index in [1.807, 2.05) is 12.1 Å². The van der Waals surface area contributed by atoms with Gasteiger partial charge in [-0.15, -0.1) is 0 Å². The molecule has 1 saturated heterocycles. The fourth-order valence-electron chi connectivity index (χ4n) is 2.91. The Labute approximate surface area is 120 Å². The maximum Gasteiger partial charge on any atom is 0.172 e. The molecule has 0 spiro atoms. The van der Waals surface area contributed by atoms with E-state index >= 15 is 0 Å². The van der Waals surface area contributed by atoms with Crippen molar-refractivity contribution in [2.75, 3.05) is 32.1 Å². The largest absolute Gasteiger partial charge is 0.409 e. The van der Waals surface area contributed by atoms with Gasteiger partial charge >= 0.3 is 0 Å². The minimum atomic E-state index is 0.176. The zero-order chi connectivity index (χ0) is 14.7. The molecule has 3 N–H and O–H groups in total. The van der Waals surface area contributed by atoms with Crippen LogP contribution >= 0.6 is 0 Å². The number of hydrogen-bond acceptors (Lipinski definition) is 4. The molecular weight excluding hydrogens is 252 g/mol. The van der Waals surface area contributed by atoms with Crippen LogP contribution in [0, 0.1) is 6.92 Å². The van der Waals surface area contributed by atoms with E-state index in [-0.39, 0.29) is 5.84 Å². The number of oxime groups is 1. The highest BCUT2D eigenvalue weighted by Gasteiger charge is 2.27. The van der Waals surface area contributed by atoms with Crippen molar-refractivity contribution < 1.29 is 5.21 Å². The number of likely N-dealkylation sites (N-methyl/N-ethyl adjacent to an activating group) is 1.